The molecule has 1 aliphatic rings. The van der Waals surface area contributed by atoms with Crippen molar-refractivity contribution in [2.45, 2.75) is 58.4 Å². The van der Waals surface area contributed by atoms with E-state index in [-0.39, 0.29) is 12.8 Å². The molecule has 1 amide bonds. The number of furan rings is 1. The van der Waals surface area contributed by atoms with Crippen LogP contribution in [0.4, 0.5) is 0 Å². The fourth-order valence-corrected chi connectivity index (χ4v) is 4.05. The lowest BCUT2D eigenvalue weighted by molar-refractivity contribution is -0.141. The van der Waals surface area contributed by atoms with Crippen molar-refractivity contribution in [2.75, 3.05) is 0 Å². The third-order valence-corrected chi connectivity index (χ3v) is 5.71. The van der Waals surface area contributed by atoms with E-state index in [0.29, 0.717) is 11.1 Å². The largest absolute Gasteiger partial charge is 0.480 e. The van der Waals surface area contributed by atoms with Crippen LogP contribution < -0.4 is 10.9 Å². The number of aliphatic carboxylic acids is 1. The van der Waals surface area contributed by atoms with Gasteiger partial charge >= 0.3 is 11.6 Å². The quantitative estimate of drug-likeness (QED) is 0.640. The number of nitrogens with one attached hydrogen (secondary N) is 1. The molecule has 1 aliphatic carbocycles. The van der Waals surface area contributed by atoms with E-state index in [9.17, 15) is 14.4 Å². The number of carboxylic acids is 1. The van der Waals surface area contributed by atoms with Gasteiger partial charge in [0.1, 0.15) is 23.0 Å². The summed E-state index contributed by atoms with van der Waals surface area (Å²) in [5.74, 6) is -0.503. The molecule has 4 rings (SSSR count). The lowest BCUT2D eigenvalue weighted by Crippen LogP contribution is -2.38. The van der Waals surface area contributed by atoms with Gasteiger partial charge in [-0.1, -0.05) is 0 Å². The molecule has 0 unspecified atom stereocenters. The number of carboxylic acid groups (broad SMARTS) is 1. The normalized spacial score (nSPS) is 14.7. The maximum Gasteiger partial charge on any atom is 0.339 e. The summed E-state index contributed by atoms with van der Waals surface area (Å²) < 4.78 is 11.5. The Hall–Kier alpha value is -3.09. The van der Waals surface area contributed by atoms with Crippen LogP contribution >= 0.6 is 0 Å². The van der Waals surface area contributed by atoms with Gasteiger partial charge in [0.15, 0.2) is 0 Å². The maximum atomic E-state index is 12.5. The van der Waals surface area contributed by atoms with E-state index in [4.69, 9.17) is 13.9 Å². The van der Waals surface area contributed by atoms with E-state index in [1.807, 2.05) is 13.0 Å². The molecule has 29 heavy (non-hydrogen) atoms. The Morgan fingerprint density at radius 2 is 1.86 bits per heavy atom. The van der Waals surface area contributed by atoms with Crippen molar-refractivity contribution in [3.63, 3.8) is 0 Å². The fraction of sp³-hybridized carbons (Fsp3) is 0.409. The van der Waals surface area contributed by atoms with Crippen LogP contribution in [0.5, 0.6) is 0 Å². The minimum Gasteiger partial charge on any atom is -0.480 e. The van der Waals surface area contributed by atoms with Gasteiger partial charge in [0.2, 0.25) is 5.91 Å². The summed E-state index contributed by atoms with van der Waals surface area (Å²) in [6.45, 7) is 3.25. The second-order valence-corrected chi connectivity index (χ2v) is 7.68. The highest BCUT2D eigenvalue weighted by Crippen LogP contribution is 2.35. The minimum atomic E-state index is -1.10. The van der Waals surface area contributed by atoms with Crippen LogP contribution in [0.15, 0.2) is 25.8 Å². The van der Waals surface area contributed by atoms with Gasteiger partial charge in [-0.15, -0.1) is 0 Å². The molecular weight excluding hydrogens is 374 g/mol. The molecule has 7 nitrogen and oxygen atoms in total. The number of benzene rings is 1. The van der Waals surface area contributed by atoms with Crippen LogP contribution in [0, 0.1) is 6.92 Å². The SMILES string of the molecule is Cc1c(CCC(=O)N[C@@H](C)C(=O)O)c(=O)oc2cc3oc4c(c3cc12)CCCC4. The van der Waals surface area contributed by atoms with Crippen molar-refractivity contribution in [1.29, 1.82) is 0 Å². The molecule has 1 atom stereocenters. The van der Waals surface area contributed by atoms with Gasteiger partial charge in [-0.25, -0.2) is 4.79 Å². The van der Waals surface area contributed by atoms with Crippen LogP contribution in [0.1, 0.15) is 48.6 Å². The molecule has 0 aliphatic heterocycles. The average Bonchev–Trinajstić information content (AvgIpc) is 3.03. The molecule has 0 radical (unpaired) electrons. The van der Waals surface area contributed by atoms with E-state index >= 15 is 0 Å². The van der Waals surface area contributed by atoms with Crippen LogP contribution in [-0.4, -0.2) is 23.0 Å². The molecule has 152 valence electrons. The van der Waals surface area contributed by atoms with Crippen LogP contribution in [-0.2, 0) is 28.9 Å². The van der Waals surface area contributed by atoms with Gasteiger partial charge in [-0.3, -0.25) is 9.59 Å². The number of aryl methyl sites for hydroxylation is 3. The van der Waals surface area contributed by atoms with E-state index < -0.39 is 23.5 Å². The van der Waals surface area contributed by atoms with Crippen molar-refractivity contribution in [3.8, 4) is 0 Å². The van der Waals surface area contributed by atoms with Gasteiger partial charge in [0.05, 0.1) is 0 Å². The first-order valence-corrected chi connectivity index (χ1v) is 9.88. The van der Waals surface area contributed by atoms with Crippen molar-refractivity contribution in [1.82, 2.24) is 5.32 Å². The lowest BCUT2D eigenvalue weighted by atomic mass is 9.94. The number of carbonyl (C=O) groups excluding carboxylic acids is 1. The first kappa shape index (κ1) is 19.2. The zero-order chi connectivity index (χ0) is 20.7. The summed E-state index contributed by atoms with van der Waals surface area (Å²) in [5.41, 5.74) is 3.18. The van der Waals surface area contributed by atoms with Gasteiger partial charge in [-0.05, 0) is 51.2 Å². The third-order valence-electron chi connectivity index (χ3n) is 5.71. The summed E-state index contributed by atoms with van der Waals surface area (Å²) in [4.78, 5) is 35.4. The fourth-order valence-electron chi connectivity index (χ4n) is 4.05. The zero-order valence-electron chi connectivity index (χ0n) is 16.5. The lowest BCUT2D eigenvalue weighted by Gasteiger charge is -2.11. The van der Waals surface area contributed by atoms with E-state index in [0.717, 1.165) is 53.4 Å². The molecule has 2 heterocycles. The highest BCUT2D eigenvalue weighted by molar-refractivity contribution is 5.97. The second kappa shape index (κ2) is 7.39. The summed E-state index contributed by atoms with van der Waals surface area (Å²) in [6, 6.07) is 2.83. The Labute approximate surface area is 166 Å². The molecule has 7 heteroatoms. The first-order chi connectivity index (χ1) is 13.8. The predicted octanol–water partition coefficient (Wildman–Crippen LogP) is 3.25. The molecule has 3 aromatic rings. The smallest absolute Gasteiger partial charge is 0.339 e. The Kier molecular flexibility index (Phi) is 4.90. The molecule has 0 spiro atoms. The van der Waals surface area contributed by atoms with Gasteiger partial charge in [0.25, 0.3) is 0 Å². The minimum absolute atomic E-state index is 0.0120. The van der Waals surface area contributed by atoms with Crippen LogP contribution in [0.25, 0.3) is 21.9 Å². The second-order valence-electron chi connectivity index (χ2n) is 7.68. The summed E-state index contributed by atoms with van der Waals surface area (Å²) in [7, 11) is 0. The van der Waals surface area contributed by atoms with Crippen molar-refractivity contribution < 1.29 is 23.5 Å². The highest BCUT2D eigenvalue weighted by atomic mass is 16.4. The van der Waals surface area contributed by atoms with Crippen molar-refractivity contribution in [3.05, 3.63) is 45.0 Å². The number of rotatable bonds is 5. The molecule has 1 aromatic carbocycles. The molecule has 0 saturated heterocycles. The topological polar surface area (TPSA) is 110 Å². The Bertz CT molecular complexity index is 1190. The van der Waals surface area contributed by atoms with Gasteiger partial charge in [0, 0.05) is 40.8 Å². The zero-order valence-corrected chi connectivity index (χ0v) is 16.5. The van der Waals surface area contributed by atoms with Crippen LogP contribution in [0.3, 0.4) is 0 Å². The molecule has 0 fully saturated rings. The van der Waals surface area contributed by atoms with Crippen molar-refractivity contribution >= 4 is 33.8 Å². The number of fused-ring (bicyclic) bond motifs is 4. The standard InChI is InChI=1S/C22H23NO6/c1-11-13(7-8-20(24)23-12(2)21(25)26)22(27)29-18-10-19-16(9-15(11)18)14-5-3-4-6-17(14)28-19/h9-10,12H,3-8H2,1-2H3,(H,23,24)(H,25,26)/t12-/m0/s1. The Morgan fingerprint density at radius 1 is 1.14 bits per heavy atom. The van der Waals surface area contributed by atoms with Crippen LogP contribution in [0.2, 0.25) is 0 Å². The van der Waals surface area contributed by atoms with Gasteiger partial charge < -0.3 is 19.3 Å². The number of amides is 1. The molecular formula is C22H23NO6. The number of hydrogen-bond donors (Lipinski definition) is 2. The van der Waals surface area contributed by atoms with Gasteiger partial charge in [-0.2, -0.15) is 0 Å². The molecule has 2 aromatic heterocycles. The van der Waals surface area contributed by atoms with Crippen molar-refractivity contribution in [2.24, 2.45) is 0 Å². The molecule has 0 bridgehead atoms. The average molecular weight is 397 g/mol. The Balaban J connectivity index is 1.68. The number of hydrogen-bond acceptors (Lipinski definition) is 5. The summed E-state index contributed by atoms with van der Waals surface area (Å²) in [5, 5.41) is 13.2. The molecule has 0 saturated carbocycles. The van der Waals surface area contributed by atoms with E-state index in [1.54, 1.807) is 6.07 Å². The van der Waals surface area contributed by atoms with E-state index in [2.05, 4.69) is 5.32 Å². The summed E-state index contributed by atoms with van der Waals surface area (Å²) >= 11 is 0. The highest BCUT2D eigenvalue weighted by Gasteiger charge is 2.21. The maximum absolute atomic E-state index is 12.5. The van der Waals surface area contributed by atoms with E-state index in [1.165, 1.54) is 12.5 Å². The first-order valence-electron chi connectivity index (χ1n) is 9.88. The third kappa shape index (κ3) is 3.52. The Morgan fingerprint density at radius 3 is 2.62 bits per heavy atom. The molecule has 2 N–H and O–H groups in total. The predicted molar refractivity (Wildman–Crippen MR) is 107 cm³/mol. The number of carbonyl (C=O) groups is 2. The summed E-state index contributed by atoms with van der Waals surface area (Å²) in [6.07, 6.45) is 4.36. The monoisotopic (exact) mass is 397 g/mol.